The second-order valence-electron chi connectivity index (χ2n) is 5.95. The van der Waals surface area contributed by atoms with Crippen LogP contribution >= 0.6 is 22.9 Å². The van der Waals surface area contributed by atoms with Crippen molar-refractivity contribution in [3.05, 3.63) is 57.5 Å². The molecule has 1 fully saturated rings. The topological polar surface area (TPSA) is 131 Å². The molecule has 13 heteroatoms. The highest BCUT2D eigenvalue weighted by Crippen LogP contribution is 2.26. The van der Waals surface area contributed by atoms with E-state index in [4.69, 9.17) is 11.6 Å². The average molecular weight is 436 g/mol. The van der Waals surface area contributed by atoms with E-state index in [-0.39, 0.29) is 22.9 Å². The van der Waals surface area contributed by atoms with Crippen LogP contribution < -0.4 is 16.0 Å². The van der Waals surface area contributed by atoms with Crippen LogP contribution in [-0.4, -0.2) is 44.4 Å². The minimum atomic E-state index is -1.52. The zero-order chi connectivity index (χ0) is 20.6. The van der Waals surface area contributed by atoms with Gasteiger partial charge in [0.2, 0.25) is 0 Å². The van der Waals surface area contributed by atoms with Gasteiger partial charge in [-0.2, -0.15) is 9.90 Å². The first-order valence-corrected chi connectivity index (χ1v) is 9.34. The van der Waals surface area contributed by atoms with Gasteiger partial charge in [0.25, 0.3) is 11.8 Å². The van der Waals surface area contributed by atoms with E-state index in [1.165, 1.54) is 24.5 Å². The van der Waals surface area contributed by atoms with Crippen molar-refractivity contribution in [2.24, 2.45) is 0 Å². The number of hydrogen-bond donors (Lipinski definition) is 3. The van der Waals surface area contributed by atoms with Crippen LogP contribution in [0.2, 0.25) is 5.02 Å². The molecular weight excluding hydrogens is 425 g/mol. The van der Waals surface area contributed by atoms with Crippen LogP contribution in [0.15, 0.2) is 36.0 Å². The molecule has 3 heterocycles. The zero-order valence-electron chi connectivity index (χ0n) is 14.3. The predicted molar refractivity (Wildman–Crippen MR) is 99.1 cm³/mol. The predicted octanol–water partition coefficient (Wildman–Crippen LogP) is 0.981. The Balaban J connectivity index is 1.52. The Kier molecular flexibility index (Phi) is 4.72. The first-order valence-electron chi connectivity index (χ1n) is 8.08. The molecule has 1 aliphatic rings. The van der Waals surface area contributed by atoms with Crippen molar-refractivity contribution in [2.45, 2.75) is 5.54 Å². The molecule has 3 N–H and O–H groups in total. The minimum absolute atomic E-state index is 0.0526. The van der Waals surface area contributed by atoms with Crippen LogP contribution in [0.5, 0.6) is 0 Å². The number of thiazole rings is 1. The van der Waals surface area contributed by atoms with Crippen LogP contribution in [-0.2, 0) is 10.3 Å². The zero-order valence-corrected chi connectivity index (χ0v) is 15.9. The van der Waals surface area contributed by atoms with E-state index >= 15 is 0 Å². The number of halogens is 2. The molecule has 0 spiro atoms. The molecule has 1 atom stereocenters. The molecule has 0 radical (unpaired) electrons. The molecule has 2 aromatic heterocycles. The molecule has 3 aromatic rings. The quantitative estimate of drug-likeness (QED) is 0.512. The van der Waals surface area contributed by atoms with Crippen LogP contribution in [0.4, 0.5) is 9.18 Å². The van der Waals surface area contributed by atoms with Crippen molar-refractivity contribution < 1.29 is 18.8 Å². The summed E-state index contributed by atoms with van der Waals surface area (Å²) in [6.07, 6.45) is 2.67. The summed E-state index contributed by atoms with van der Waals surface area (Å²) in [5, 5.41) is 17.0. The van der Waals surface area contributed by atoms with Gasteiger partial charge in [0.15, 0.2) is 11.2 Å². The number of carbonyl (C=O) groups is 3. The van der Waals surface area contributed by atoms with Crippen molar-refractivity contribution in [3.8, 4) is 5.69 Å². The Morgan fingerprint density at radius 1 is 1.38 bits per heavy atom. The van der Waals surface area contributed by atoms with Gasteiger partial charge in [0, 0.05) is 17.6 Å². The van der Waals surface area contributed by atoms with Crippen LogP contribution in [0.25, 0.3) is 5.69 Å². The summed E-state index contributed by atoms with van der Waals surface area (Å²) in [4.78, 5) is 41.6. The molecule has 10 nitrogen and oxygen atoms in total. The van der Waals surface area contributed by atoms with E-state index in [1.54, 1.807) is 5.38 Å². The van der Waals surface area contributed by atoms with Crippen molar-refractivity contribution in [3.63, 3.8) is 0 Å². The number of aromatic nitrogens is 4. The Bertz CT molecular complexity index is 1120. The summed E-state index contributed by atoms with van der Waals surface area (Å²) in [5.41, 5.74) is -1.32. The Hall–Kier alpha value is -3.38. The third kappa shape index (κ3) is 3.43. The fraction of sp³-hybridized carbons (Fsp3) is 0.125. The number of urea groups is 1. The van der Waals surface area contributed by atoms with Crippen LogP contribution in [0, 0.1) is 5.82 Å². The van der Waals surface area contributed by atoms with Gasteiger partial charge in [-0.05, 0) is 12.1 Å². The number of imide groups is 1. The van der Waals surface area contributed by atoms with Gasteiger partial charge in [-0.15, -0.1) is 16.4 Å². The lowest BCUT2D eigenvalue weighted by atomic mass is 10.0. The average Bonchev–Trinajstić information content (AvgIpc) is 3.43. The highest BCUT2D eigenvalue weighted by molar-refractivity contribution is 7.09. The number of rotatable bonds is 5. The molecule has 148 valence electrons. The van der Waals surface area contributed by atoms with Gasteiger partial charge in [0.1, 0.15) is 10.8 Å². The molecule has 1 aromatic carbocycles. The molecule has 1 aliphatic heterocycles. The van der Waals surface area contributed by atoms with E-state index in [2.05, 4.69) is 31.1 Å². The van der Waals surface area contributed by atoms with E-state index in [0.717, 1.165) is 22.2 Å². The molecule has 29 heavy (non-hydrogen) atoms. The molecular formula is C16H11ClFN7O3S. The largest absolute Gasteiger partial charge is 0.347 e. The molecule has 4 amide bonds. The van der Waals surface area contributed by atoms with Crippen molar-refractivity contribution in [1.82, 2.24) is 35.9 Å². The maximum atomic E-state index is 13.6. The summed E-state index contributed by atoms with van der Waals surface area (Å²) >= 11 is 6.81. The lowest BCUT2D eigenvalue weighted by molar-refractivity contribution is -0.124. The fourth-order valence-electron chi connectivity index (χ4n) is 2.68. The number of hydrogen-bond acceptors (Lipinski definition) is 7. The standard InChI is InChI=1S/C16H11ClFN7O3S/c17-9-2-1-8(5-10(9)18)25-21-6-11(24-25)12(26)20-7-16(14-19-3-4-29-14)13(27)22-15(28)23-16/h1-6H,7H2,(H,20,26)(H2,22,23,27,28)/t16-/m1/s1. The van der Waals surface area contributed by atoms with Crippen molar-refractivity contribution in [1.29, 1.82) is 0 Å². The number of nitrogens with zero attached hydrogens (tertiary/aromatic N) is 4. The summed E-state index contributed by atoms with van der Waals surface area (Å²) in [7, 11) is 0. The lowest BCUT2D eigenvalue weighted by Gasteiger charge is -2.23. The number of amides is 4. The second kappa shape index (κ2) is 7.22. The monoisotopic (exact) mass is 435 g/mol. The number of carbonyl (C=O) groups excluding carboxylic acids is 3. The van der Waals surface area contributed by atoms with E-state index in [1.807, 2.05) is 0 Å². The van der Waals surface area contributed by atoms with Crippen LogP contribution in [0.3, 0.4) is 0 Å². The molecule has 0 saturated carbocycles. The highest BCUT2D eigenvalue weighted by atomic mass is 35.5. The fourth-order valence-corrected chi connectivity index (χ4v) is 3.59. The SMILES string of the molecule is O=C1NC(=O)[C@](CNC(=O)c2cnn(-c3ccc(Cl)c(F)c3)n2)(c2nccs2)N1. The molecule has 0 bridgehead atoms. The summed E-state index contributed by atoms with van der Waals surface area (Å²) in [6, 6.07) is 3.27. The van der Waals surface area contributed by atoms with Gasteiger partial charge >= 0.3 is 6.03 Å². The molecule has 1 saturated heterocycles. The number of nitrogens with one attached hydrogen (secondary N) is 3. The third-order valence-corrected chi connectivity index (χ3v) is 5.35. The minimum Gasteiger partial charge on any atom is -0.347 e. The smallest absolute Gasteiger partial charge is 0.322 e. The maximum Gasteiger partial charge on any atom is 0.322 e. The van der Waals surface area contributed by atoms with Crippen molar-refractivity contribution >= 4 is 40.8 Å². The van der Waals surface area contributed by atoms with E-state index in [9.17, 15) is 18.8 Å². The summed E-state index contributed by atoms with van der Waals surface area (Å²) < 4.78 is 13.6. The normalized spacial score (nSPS) is 18.4. The molecule has 0 aliphatic carbocycles. The Labute approximate surface area is 171 Å². The molecule has 4 rings (SSSR count). The summed E-state index contributed by atoms with van der Waals surface area (Å²) in [6.45, 7) is -0.251. The second-order valence-corrected chi connectivity index (χ2v) is 7.25. The third-order valence-electron chi connectivity index (χ3n) is 4.11. The van der Waals surface area contributed by atoms with Gasteiger partial charge < -0.3 is 10.6 Å². The van der Waals surface area contributed by atoms with Gasteiger partial charge in [-0.25, -0.2) is 14.2 Å². The first-order chi connectivity index (χ1) is 13.9. The van der Waals surface area contributed by atoms with Gasteiger partial charge in [-0.3, -0.25) is 14.9 Å². The Morgan fingerprint density at radius 2 is 2.21 bits per heavy atom. The highest BCUT2D eigenvalue weighted by Gasteiger charge is 2.50. The van der Waals surface area contributed by atoms with Crippen molar-refractivity contribution in [2.75, 3.05) is 6.54 Å². The maximum absolute atomic E-state index is 13.6. The van der Waals surface area contributed by atoms with E-state index < -0.39 is 29.2 Å². The van der Waals surface area contributed by atoms with Gasteiger partial charge in [-0.1, -0.05) is 11.6 Å². The first kappa shape index (κ1) is 19.0. The number of benzene rings is 1. The van der Waals surface area contributed by atoms with Crippen LogP contribution in [0.1, 0.15) is 15.5 Å². The molecule has 0 unspecified atom stereocenters. The van der Waals surface area contributed by atoms with E-state index in [0.29, 0.717) is 5.01 Å². The lowest BCUT2D eigenvalue weighted by Crippen LogP contribution is -2.52. The Morgan fingerprint density at radius 3 is 2.86 bits per heavy atom. The summed E-state index contributed by atoms with van der Waals surface area (Å²) in [5.74, 6) is -1.92. The van der Waals surface area contributed by atoms with Gasteiger partial charge in [0.05, 0.1) is 23.5 Å².